The lowest BCUT2D eigenvalue weighted by molar-refractivity contribution is -0.157. The highest BCUT2D eigenvalue weighted by molar-refractivity contribution is 6.15. The molecule has 14 nitrogen and oxygen atoms in total. The molecule has 4 amide bonds. The van der Waals surface area contributed by atoms with E-state index in [0.29, 0.717) is 5.56 Å². The number of carbonyl (C=O) groups excluding carboxylic acids is 5. The summed E-state index contributed by atoms with van der Waals surface area (Å²) in [5.41, 5.74) is -1.19. The molecule has 3 atom stereocenters. The van der Waals surface area contributed by atoms with Crippen molar-refractivity contribution < 1.29 is 57.3 Å². The van der Waals surface area contributed by atoms with Gasteiger partial charge >= 0.3 is 29.9 Å². The molecule has 1 saturated heterocycles. The number of nitrogens with one attached hydrogen (secondary N) is 3. The van der Waals surface area contributed by atoms with Gasteiger partial charge in [-0.15, -0.1) is 0 Å². The molecule has 1 heterocycles. The van der Waals surface area contributed by atoms with Crippen molar-refractivity contribution in [2.45, 2.75) is 82.5 Å². The molecule has 0 spiro atoms. The molecular formula is C33H38F2N4O10. The van der Waals surface area contributed by atoms with E-state index in [4.69, 9.17) is 9.84 Å². The molecule has 16 heteroatoms. The van der Waals surface area contributed by atoms with Gasteiger partial charge in [0.25, 0.3) is 0 Å². The number of aromatic carboxylic acids is 1. The van der Waals surface area contributed by atoms with Gasteiger partial charge < -0.3 is 35.8 Å². The van der Waals surface area contributed by atoms with Crippen molar-refractivity contribution in [1.82, 2.24) is 15.5 Å². The van der Waals surface area contributed by atoms with Crippen LogP contribution in [0.2, 0.25) is 0 Å². The SMILES string of the molecule is CC(C)(C)OC(=O)N[C@@H](CCC(=O)O)C(=O)N1CCC[C@H]1C(=O)N[C@@H](Cc1ccccc1)C(=O)C(F)(F)C(=O)Nc1cccc(C(=O)O)c1. The van der Waals surface area contributed by atoms with Gasteiger partial charge in [0.05, 0.1) is 11.6 Å². The molecule has 2 aromatic carbocycles. The number of aliphatic carboxylic acids is 1. The number of alkyl carbamates (subject to hydrolysis) is 1. The quantitative estimate of drug-likeness (QED) is 0.183. The van der Waals surface area contributed by atoms with E-state index in [1.54, 1.807) is 39.0 Å². The van der Waals surface area contributed by atoms with Crippen molar-refractivity contribution >= 4 is 47.2 Å². The molecule has 0 aromatic heterocycles. The number of Topliss-reactive ketones (excluding diaryl/α,β-unsaturated/α-hetero) is 1. The average molecular weight is 689 g/mol. The zero-order valence-electron chi connectivity index (χ0n) is 27.0. The van der Waals surface area contributed by atoms with Gasteiger partial charge in [-0.3, -0.25) is 24.0 Å². The number of rotatable bonds is 14. The first-order valence-corrected chi connectivity index (χ1v) is 15.3. The molecule has 1 fully saturated rings. The minimum absolute atomic E-state index is 0.00175. The van der Waals surface area contributed by atoms with E-state index >= 15 is 8.78 Å². The summed E-state index contributed by atoms with van der Waals surface area (Å²) < 4.78 is 36.1. The molecular weight excluding hydrogens is 650 g/mol. The Balaban J connectivity index is 1.84. The molecule has 1 aliphatic rings. The van der Waals surface area contributed by atoms with Crippen molar-refractivity contribution in [1.29, 1.82) is 0 Å². The maximum Gasteiger partial charge on any atom is 0.408 e. The predicted octanol–water partition coefficient (Wildman–Crippen LogP) is 3.00. The predicted molar refractivity (Wildman–Crippen MR) is 169 cm³/mol. The standard InChI is InChI=1S/C33H38F2N4O10/c1-32(2,3)49-31(48)38-22(14-15-25(40)41)28(44)39-16-8-13-24(39)27(43)37-23(17-19-9-5-4-6-10-19)26(42)33(34,35)30(47)36-21-12-7-11-20(18-21)29(45)46/h4-7,9-12,18,22-24H,8,13-17H2,1-3H3,(H,36,47)(H,37,43)(H,38,48)(H,40,41)(H,45,46)/t22-,23-,24-/m0/s1. The van der Waals surface area contributed by atoms with E-state index in [1.165, 1.54) is 24.3 Å². The van der Waals surface area contributed by atoms with Crippen LogP contribution in [0.3, 0.4) is 0 Å². The molecule has 0 radical (unpaired) electrons. The number of anilines is 1. The summed E-state index contributed by atoms with van der Waals surface area (Å²) in [7, 11) is 0. The topological polar surface area (TPSA) is 209 Å². The van der Waals surface area contributed by atoms with Crippen LogP contribution in [0.5, 0.6) is 0 Å². The third-order valence-corrected chi connectivity index (χ3v) is 7.35. The van der Waals surface area contributed by atoms with E-state index in [9.17, 15) is 38.7 Å². The van der Waals surface area contributed by atoms with Gasteiger partial charge in [-0.1, -0.05) is 36.4 Å². The number of alkyl halides is 2. The minimum Gasteiger partial charge on any atom is -0.481 e. The highest BCUT2D eigenvalue weighted by Gasteiger charge is 2.51. The Bertz CT molecular complexity index is 1580. The Morgan fingerprint density at radius 1 is 0.939 bits per heavy atom. The lowest BCUT2D eigenvalue weighted by Gasteiger charge is -2.30. The highest BCUT2D eigenvalue weighted by atomic mass is 19.3. The van der Waals surface area contributed by atoms with Crippen molar-refractivity contribution in [3.8, 4) is 0 Å². The zero-order valence-corrected chi connectivity index (χ0v) is 27.0. The number of likely N-dealkylation sites (tertiary alicyclic amines) is 1. The fourth-order valence-corrected chi connectivity index (χ4v) is 5.08. The molecule has 5 N–H and O–H groups in total. The number of nitrogens with zero attached hydrogens (tertiary/aromatic N) is 1. The molecule has 0 saturated carbocycles. The number of hydrogen-bond acceptors (Lipinski definition) is 8. The Morgan fingerprint density at radius 2 is 1.61 bits per heavy atom. The number of halogens is 2. The first-order chi connectivity index (χ1) is 22.9. The normalized spacial score (nSPS) is 15.8. The van der Waals surface area contributed by atoms with Gasteiger partial charge in [-0.2, -0.15) is 8.78 Å². The van der Waals surface area contributed by atoms with E-state index in [2.05, 4.69) is 10.6 Å². The Morgan fingerprint density at radius 3 is 2.22 bits per heavy atom. The molecule has 0 bridgehead atoms. The molecule has 2 aromatic rings. The first-order valence-electron chi connectivity index (χ1n) is 15.3. The molecule has 0 aliphatic carbocycles. The lowest BCUT2D eigenvalue weighted by Crippen LogP contribution is -2.58. The van der Waals surface area contributed by atoms with E-state index < -0.39 is 84.0 Å². The zero-order chi connectivity index (χ0) is 36.5. The number of carboxylic acid groups (broad SMARTS) is 2. The molecule has 264 valence electrons. The van der Waals surface area contributed by atoms with E-state index in [1.807, 2.05) is 5.32 Å². The van der Waals surface area contributed by atoms with Gasteiger partial charge in [-0.05, 0) is 63.8 Å². The summed E-state index contributed by atoms with van der Waals surface area (Å²) in [5.74, 6) is -13.1. The molecule has 0 unspecified atom stereocenters. The summed E-state index contributed by atoms with van der Waals surface area (Å²) in [6, 6.07) is 7.64. The highest BCUT2D eigenvalue weighted by Crippen LogP contribution is 2.24. The number of hydrogen-bond donors (Lipinski definition) is 5. The molecule has 1 aliphatic heterocycles. The average Bonchev–Trinajstić information content (AvgIpc) is 3.52. The summed E-state index contributed by atoms with van der Waals surface area (Å²) in [5, 5.41) is 24.8. The van der Waals surface area contributed by atoms with Crippen LogP contribution in [-0.2, 0) is 35.1 Å². The van der Waals surface area contributed by atoms with Crippen LogP contribution in [0.15, 0.2) is 54.6 Å². The van der Waals surface area contributed by atoms with E-state index in [0.717, 1.165) is 17.0 Å². The largest absolute Gasteiger partial charge is 0.481 e. The van der Waals surface area contributed by atoms with Gasteiger partial charge in [0.1, 0.15) is 17.7 Å². The van der Waals surface area contributed by atoms with Crippen molar-refractivity contribution in [2.75, 3.05) is 11.9 Å². The third kappa shape index (κ3) is 10.8. The second-order valence-electron chi connectivity index (χ2n) is 12.4. The Kier molecular flexibility index (Phi) is 12.5. The van der Waals surface area contributed by atoms with Gasteiger partial charge in [0, 0.05) is 25.1 Å². The van der Waals surface area contributed by atoms with Crippen LogP contribution in [0.1, 0.15) is 62.4 Å². The molecule has 49 heavy (non-hydrogen) atoms. The van der Waals surface area contributed by atoms with Crippen molar-refractivity contribution in [2.24, 2.45) is 0 Å². The van der Waals surface area contributed by atoms with Crippen LogP contribution >= 0.6 is 0 Å². The second kappa shape index (κ2) is 16.1. The monoisotopic (exact) mass is 688 g/mol. The summed E-state index contributed by atoms with van der Waals surface area (Å²) in [6.45, 7) is 4.75. The fourth-order valence-electron chi connectivity index (χ4n) is 5.08. The summed E-state index contributed by atoms with van der Waals surface area (Å²) in [6.07, 6.45) is -1.97. The number of benzene rings is 2. The fraction of sp³-hybridized carbons (Fsp3) is 0.424. The van der Waals surface area contributed by atoms with Crippen LogP contribution in [0.25, 0.3) is 0 Å². The van der Waals surface area contributed by atoms with Crippen molar-refractivity contribution in [3.05, 3.63) is 65.7 Å². The lowest BCUT2D eigenvalue weighted by atomic mass is 9.97. The van der Waals surface area contributed by atoms with Crippen LogP contribution in [0.4, 0.5) is 19.3 Å². The molecule has 3 rings (SSSR count). The second-order valence-corrected chi connectivity index (χ2v) is 12.4. The van der Waals surface area contributed by atoms with Gasteiger partial charge in [-0.25, -0.2) is 9.59 Å². The van der Waals surface area contributed by atoms with Crippen LogP contribution in [-0.4, -0.2) is 92.8 Å². The maximum atomic E-state index is 15.4. The number of carbonyl (C=O) groups is 7. The number of amides is 4. The number of ketones is 1. The number of carboxylic acids is 2. The number of ether oxygens (including phenoxy) is 1. The van der Waals surface area contributed by atoms with Gasteiger partial charge in [0.15, 0.2) is 0 Å². The smallest absolute Gasteiger partial charge is 0.408 e. The summed E-state index contributed by atoms with van der Waals surface area (Å²) >= 11 is 0. The Hall–Kier alpha value is -5.41. The van der Waals surface area contributed by atoms with Crippen molar-refractivity contribution in [3.63, 3.8) is 0 Å². The van der Waals surface area contributed by atoms with Crippen LogP contribution in [0, 0.1) is 0 Å². The van der Waals surface area contributed by atoms with Crippen LogP contribution < -0.4 is 16.0 Å². The minimum atomic E-state index is -4.70. The van der Waals surface area contributed by atoms with Gasteiger partial charge in [0.2, 0.25) is 17.6 Å². The third-order valence-electron chi connectivity index (χ3n) is 7.35. The first kappa shape index (κ1) is 38.0. The Labute approximate surface area is 280 Å². The summed E-state index contributed by atoms with van der Waals surface area (Å²) in [4.78, 5) is 89.2. The maximum absolute atomic E-state index is 15.4. The van der Waals surface area contributed by atoms with E-state index in [-0.39, 0.29) is 37.1 Å².